The maximum atomic E-state index is 15.0. The Balaban J connectivity index is 1.59. The molecule has 0 aliphatic carbocycles. The molecule has 0 radical (unpaired) electrons. The van der Waals surface area contributed by atoms with Crippen molar-refractivity contribution in [2.24, 2.45) is 0 Å². The van der Waals surface area contributed by atoms with Crippen molar-refractivity contribution >= 4 is 57.5 Å². The first-order valence-corrected chi connectivity index (χ1v) is 11.8. The van der Waals surface area contributed by atoms with E-state index in [1.165, 1.54) is 45.4 Å². The number of aryl methyl sites for hydroxylation is 1. The van der Waals surface area contributed by atoms with Gasteiger partial charge in [-0.05, 0) is 74.3 Å². The lowest BCUT2D eigenvalue weighted by Gasteiger charge is -2.29. The fourth-order valence-corrected chi connectivity index (χ4v) is 5.22. The number of carbonyl (C=O) groups is 2. The number of carbonyl (C=O) groups excluding carboxylic acids is 2. The third kappa shape index (κ3) is 4.29. The average Bonchev–Trinajstić information content (AvgIpc) is 3.31. The molecule has 1 N–H and O–H groups in total. The largest absolute Gasteiger partial charge is 0.347 e. The minimum atomic E-state index is -1.18. The van der Waals surface area contributed by atoms with Crippen LogP contribution in [0.3, 0.4) is 0 Å². The number of anilines is 2. The minimum absolute atomic E-state index is 0.00609. The molecule has 2 aromatic carbocycles. The van der Waals surface area contributed by atoms with Crippen molar-refractivity contribution in [3.8, 4) is 0 Å². The van der Waals surface area contributed by atoms with Crippen molar-refractivity contribution in [1.29, 1.82) is 0 Å². The Kier molecular flexibility index (Phi) is 6.40. The molecule has 178 valence electrons. The predicted molar refractivity (Wildman–Crippen MR) is 136 cm³/mol. The zero-order valence-corrected chi connectivity index (χ0v) is 20.7. The van der Waals surface area contributed by atoms with Gasteiger partial charge in [0.25, 0.3) is 11.8 Å². The number of thiophene rings is 1. The lowest BCUT2D eigenvalue weighted by molar-refractivity contribution is -0.120. The quantitative estimate of drug-likeness (QED) is 0.352. The van der Waals surface area contributed by atoms with E-state index in [9.17, 15) is 14.0 Å². The van der Waals surface area contributed by atoms with Crippen molar-refractivity contribution in [1.82, 2.24) is 5.32 Å². The molecule has 4 rings (SSSR count). The van der Waals surface area contributed by atoms with Gasteiger partial charge in [-0.25, -0.2) is 13.6 Å². The van der Waals surface area contributed by atoms with Gasteiger partial charge in [0.2, 0.25) is 5.69 Å². The van der Waals surface area contributed by atoms with Gasteiger partial charge >= 0.3 is 0 Å². The van der Waals surface area contributed by atoms with Gasteiger partial charge in [0.05, 0.1) is 17.1 Å². The summed E-state index contributed by atoms with van der Waals surface area (Å²) in [5.41, 5.74) is 0.316. The molecule has 1 fully saturated rings. The van der Waals surface area contributed by atoms with Gasteiger partial charge < -0.3 is 10.2 Å². The Bertz CT molecular complexity index is 1410. The lowest BCUT2D eigenvalue weighted by atomic mass is 10.0. The monoisotopic (exact) mass is 510 g/mol. The molecule has 0 bridgehead atoms. The second-order valence-electron chi connectivity index (χ2n) is 8.46. The van der Waals surface area contributed by atoms with Crippen LogP contribution in [-0.4, -0.2) is 22.5 Å². The molecule has 0 atom stereocenters. The van der Waals surface area contributed by atoms with E-state index in [-0.39, 0.29) is 34.5 Å². The van der Waals surface area contributed by atoms with Crippen LogP contribution in [0.15, 0.2) is 47.8 Å². The van der Waals surface area contributed by atoms with Crippen LogP contribution in [0.2, 0.25) is 0 Å². The summed E-state index contributed by atoms with van der Waals surface area (Å²) in [6, 6.07) is 10.1. The van der Waals surface area contributed by atoms with Crippen molar-refractivity contribution in [3.63, 3.8) is 0 Å². The molecule has 0 spiro atoms. The number of halogens is 2. The molecule has 2 heterocycles. The second-order valence-corrected chi connectivity index (χ2v) is 9.74. The first-order valence-electron chi connectivity index (χ1n) is 10.5. The Morgan fingerprint density at radius 2 is 1.83 bits per heavy atom. The molecule has 1 saturated heterocycles. The summed E-state index contributed by atoms with van der Waals surface area (Å²) in [6.07, 6.45) is 0. The highest BCUT2D eigenvalue weighted by Crippen LogP contribution is 2.37. The van der Waals surface area contributed by atoms with Crippen LogP contribution in [0.25, 0.3) is 4.85 Å². The minimum Gasteiger partial charge on any atom is -0.347 e. The maximum absolute atomic E-state index is 15.0. The van der Waals surface area contributed by atoms with Crippen molar-refractivity contribution < 1.29 is 18.4 Å². The van der Waals surface area contributed by atoms with E-state index >= 15 is 4.39 Å². The summed E-state index contributed by atoms with van der Waals surface area (Å²) >= 11 is 6.86. The van der Waals surface area contributed by atoms with Crippen molar-refractivity contribution in [3.05, 3.63) is 86.9 Å². The van der Waals surface area contributed by atoms with Gasteiger partial charge in [-0.3, -0.25) is 14.5 Å². The van der Waals surface area contributed by atoms with E-state index < -0.39 is 23.1 Å². The second kappa shape index (κ2) is 9.17. The number of nitrogens with one attached hydrogen (secondary N) is 1. The molecule has 10 heteroatoms. The fraction of sp³-hybridized carbons (Fsp3) is 0.200. The highest BCUT2D eigenvalue weighted by atomic mass is 32.1. The van der Waals surface area contributed by atoms with E-state index in [1.807, 2.05) is 18.4 Å². The van der Waals surface area contributed by atoms with Gasteiger partial charge in [-0.1, -0.05) is 12.1 Å². The van der Waals surface area contributed by atoms with Gasteiger partial charge in [0.1, 0.15) is 17.2 Å². The van der Waals surface area contributed by atoms with Crippen LogP contribution in [0, 0.1) is 25.1 Å². The molecule has 0 saturated carbocycles. The summed E-state index contributed by atoms with van der Waals surface area (Å²) in [4.78, 5) is 31.9. The third-order valence-electron chi connectivity index (χ3n) is 5.78. The first-order chi connectivity index (χ1) is 16.6. The standard InChI is InChI=1S/C25H20F2N4O2S2/c1-14-9-10-35-21(14)22(32)29-13-15-5-6-17(12-18(15)26)31-24(34)30(23(33)25(31,2)3)16-7-8-20(28-4)19(27)11-16/h5-12H,13H2,1-3H3,(H,29,32). The molecule has 0 unspecified atom stereocenters. The van der Waals surface area contributed by atoms with Gasteiger partial charge in [0.15, 0.2) is 5.11 Å². The molecule has 2 amide bonds. The number of hydrogen-bond donors (Lipinski definition) is 1. The summed E-state index contributed by atoms with van der Waals surface area (Å²) in [5.74, 6) is -2.02. The van der Waals surface area contributed by atoms with Crippen LogP contribution in [-0.2, 0) is 11.3 Å². The molecule has 6 nitrogen and oxygen atoms in total. The molecular formula is C25H20F2N4O2S2. The Labute approximate surface area is 210 Å². The Morgan fingerprint density at radius 1 is 1.14 bits per heavy atom. The Hall–Kier alpha value is -3.68. The predicted octanol–water partition coefficient (Wildman–Crippen LogP) is 5.73. The fourth-order valence-electron chi connectivity index (χ4n) is 3.86. The van der Waals surface area contributed by atoms with Gasteiger partial charge in [0, 0.05) is 17.8 Å². The number of benzene rings is 2. The van der Waals surface area contributed by atoms with Crippen LogP contribution in [0.4, 0.5) is 25.8 Å². The molecule has 3 aromatic rings. The maximum Gasteiger partial charge on any atom is 0.261 e. The van der Waals surface area contributed by atoms with Crippen LogP contribution in [0.1, 0.15) is 34.6 Å². The van der Waals surface area contributed by atoms with Crippen LogP contribution in [0.5, 0.6) is 0 Å². The highest BCUT2D eigenvalue weighted by molar-refractivity contribution is 7.81. The normalized spacial score (nSPS) is 14.9. The number of thiocarbonyl (C=S) groups is 1. The smallest absolute Gasteiger partial charge is 0.261 e. The van der Waals surface area contributed by atoms with E-state index in [0.717, 1.165) is 11.6 Å². The number of rotatable bonds is 5. The summed E-state index contributed by atoms with van der Waals surface area (Å²) in [7, 11) is 0. The van der Waals surface area contributed by atoms with Crippen molar-refractivity contribution in [2.75, 3.05) is 9.80 Å². The van der Waals surface area contributed by atoms with E-state index in [2.05, 4.69) is 10.2 Å². The zero-order chi connectivity index (χ0) is 25.5. The SMILES string of the molecule is [C-]#[N+]c1ccc(N2C(=O)C(C)(C)N(c3ccc(CNC(=O)c4sccc4C)c(F)c3)C2=S)cc1F. The van der Waals surface area contributed by atoms with Gasteiger partial charge in [-0.2, -0.15) is 0 Å². The van der Waals surface area contributed by atoms with Crippen LogP contribution >= 0.6 is 23.6 Å². The van der Waals surface area contributed by atoms with Gasteiger partial charge in [-0.15, -0.1) is 11.3 Å². The Morgan fingerprint density at radius 3 is 2.43 bits per heavy atom. The summed E-state index contributed by atoms with van der Waals surface area (Å²) in [6.45, 7) is 12.1. The zero-order valence-electron chi connectivity index (χ0n) is 19.1. The van der Waals surface area contributed by atoms with E-state index in [1.54, 1.807) is 19.9 Å². The summed E-state index contributed by atoms with van der Waals surface area (Å²) < 4.78 is 29.2. The molecular weight excluding hydrogens is 490 g/mol. The third-order valence-corrected chi connectivity index (χ3v) is 7.16. The molecule has 1 aromatic heterocycles. The number of nitrogens with zero attached hydrogens (tertiary/aromatic N) is 3. The number of amides is 2. The van der Waals surface area contributed by atoms with E-state index in [4.69, 9.17) is 18.8 Å². The lowest BCUT2D eigenvalue weighted by Crippen LogP contribution is -2.44. The molecule has 35 heavy (non-hydrogen) atoms. The topological polar surface area (TPSA) is 57.0 Å². The highest BCUT2D eigenvalue weighted by Gasteiger charge is 2.50. The first kappa shape index (κ1) is 24.4. The summed E-state index contributed by atoms with van der Waals surface area (Å²) in [5, 5.41) is 4.60. The molecule has 1 aliphatic heterocycles. The van der Waals surface area contributed by atoms with Crippen molar-refractivity contribution in [2.45, 2.75) is 32.9 Å². The van der Waals surface area contributed by atoms with E-state index in [0.29, 0.717) is 10.6 Å². The average molecular weight is 511 g/mol. The van der Waals surface area contributed by atoms with Crippen LogP contribution < -0.4 is 15.1 Å². The number of hydrogen-bond acceptors (Lipinski definition) is 4. The molecule has 1 aliphatic rings.